The molecule has 0 radical (unpaired) electrons. The van der Waals surface area contributed by atoms with Gasteiger partial charge in [0, 0.05) is 18.2 Å². The van der Waals surface area contributed by atoms with Gasteiger partial charge in [0.1, 0.15) is 0 Å². The molecule has 0 heterocycles. The van der Waals surface area contributed by atoms with Gasteiger partial charge in [0.25, 0.3) is 5.69 Å². The van der Waals surface area contributed by atoms with E-state index in [1.54, 1.807) is 18.2 Å². The molecular weight excluding hydrogens is 234 g/mol. The van der Waals surface area contributed by atoms with Gasteiger partial charge >= 0.3 is 0 Å². The number of nitrogens with zero attached hydrogens (tertiary/aromatic N) is 1. The third kappa shape index (κ3) is 3.81. The molecule has 0 spiro atoms. The summed E-state index contributed by atoms with van der Waals surface area (Å²) >= 11 is 0. The number of nitro groups is 1. The third-order valence-corrected chi connectivity index (χ3v) is 2.58. The summed E-state index contributed by atoms with van der Waals surface area (Å²) in [5, 5.41) is 13.4. The Balaban J connectivity index is 2.64. The van der Waals surface area contributed by atoms with E-state index in [1.807, 2.05) is 6.92 Å². The molecule has 98 valence electrons. The predicted octanol–water partition coefficient (Wildman–Crippen LogP) is 1.34. The Kier molecular flexibility index (Phi) is 5.26. The largest absolute Gasteiger partial charge is 0.350 e. The lowest BCUT2D eigenvalue weighted by Crippen LogP contribution is -2.40. The van der Waals surface area contributed by atoms with Crippen molar-refractivity contribution in [2.75, 3.05) is 0 Å². The Labute approximate surface area is 105 Å². The van der Waals surface area contributed by atoms with Crippen LogP contribution in [0.3, 0.4) is 0 Å². The molecule has 0 unspecified atom stereocenters. The fraction of sp³-hybridized carbons (Fsp3) is 0.417. The number of nitrogens with one attached hydrogen (secondary N) is 1. The molecule has 1 atom stereocenters. The number of nitrogens with two attached hydrogens (primary N) is 1. The third-order valence-electron chi connectivity index (χ3n) is 2.58. The van der Waals surface area contributed by atoms with E-state index in [2.05, 4.69) is 5.32 Å². The van der Waals surface area contributed by atoms with E-state index < -0.39 is 11.0 Å². The minimum atomic E-state index is -0.558. The van der Waals surface area contributed by atoms with Crippen LogP contribution in [0.5, 0.6) is 0 Å². The molecule has 1 rings (SSSR count). The molecule has 1 aromatic carbocycles. The molecule has 0 aliphatic carbocycles. The van der Waals surface area contributed by atoms with E-state index in [4.69, 9.17) is 5.73 Å². The maximum absolute atomic E-state index is 11.6. The van der Waals surface area contributed by atoms with Gasteiger partial charge < -0.3 is 11.1 Å². The summed E-state index contributed by atoms with van der Waals surface area (Å²) in [7, 11) is 0. The fourth-order valence-electron chi connectivity index (χ4n) is 1.59. The van der Waals surface area contributed by atoms with Crippen molar-refractivity contribution in [3.05, 3.63) is 39.9 Å². The monoisotopic (exact) mass is 251 g/mol. The zero-order valence-electron chi connectivity index (χ0n) is 10.3. The Morgan fingerprint density at radius 2 is 2.17 bits per heavy atom. The van der Waals surface area contributed by atoms with Crippen molar-refractivity contribution >= 4 is 11.6 Å². The summed E-state index contributed by atoms with van der Waals surface area (Å²) in [6.45, 7) is 2.06. The van der Waals surface area contributed by atoms with Crippen LogP contribution in [-0.4, -0.2) is 16.9 Å². The van der Waals surface area contributed by atoms with E-state index in [0.717, 1.165) is 6.42 Å². The van der Waals surface area contributed by atoms with E-state index in [9.17, 15) is 14.9 Å². The first-order valence-electron chi connectivity index (χ1n) is 5.81. The van der Waals surface area contributed by atoms with Crippen molar-refractivity contribution in [3.63, 3.8) is 0 Å². The van der Waals surface area contributed by atoms with Crippen LogP contribution in [0.15, 0.2) is 24.3 Å². The first-order chi connectivity index (χ1) is 8.56. The Morgan fingerprint density at radius 1 is 1.50 bits per heavy atom. The molecule has 0 fully saturated rings. The summed E-state index contributed by atoms with van der Waals surface area (Å²) in [6, 6.07) is 5.75. The summed E-state index contributed by atoms with van der Waals surface area (Å²) in [5.41, 5.74) is 6.12. The van der Waals surface area contributed by atoms with Crippen LogP contribution in [0.4, 0.5) is 5.69 Å². The number of amides is 1. The second kappa shape index (κ2) is 6.70. The lowest BCUT2D eigenvalue weighted by atomic mass is 10.1. The Bertz CT molecular complexity index is 434. The molecule has 0 aliphatic heterocycles. The predicted molar refractivity (Wildman–Crippen MR) is 67.8 cm³/mol. The first kappa shape index (κ1) is 14.1. The van der Waals surface area contributed by atoms with Crippen LogP contribution >= 0.6 is 0 Å². The van der Waals surface area contributed by atoms with Gasteiger partial charge in [0.2, 0.25) is 5.91 Å². The van der Waals surface area contributed by atoms with E-state index in [-0.39, 0.29) is 18.1 Å². The van der Waals surface area contributed by atoms with Crippen LogP contribution in [0.25, 0.3) is 0 Å². The van der Waals surface area contributed by atoms with Crippen molar-refractivity contribution in [2.45, 2.75) is 32.4 Å². The molecule has 1 aromatic rings. The Hall–Kier alpha value is -1.95. The molecule has 18 heavy (non-hydrogen) atoms. The van der Waals surface area contributed by atoms with Crippen molar-refractivity contribution < 1.29 is 9.72 Å². The van der Waals surface area contributed by atoms with E-state index >= 15 is 0 Å². The van der Waals surface area contributed by atoms with Crippen molar-refractivity contribution in [2.24, 2.45) is 5.73 Å². The quantitative estimate of drug-likeness (QED) is 0.588. The standard InChI is InChI=1S/C12H17N3O3/c1-2-5-10(13)12(16)14-8-9-6-3-4-7-11(9)15(17)18/h3-4,6-7,10H,2,5,8,13H2,1H3,(H,14,16)/t10-/m0/s1. The molecule has 0 bridgehead atoms. The molecule has 0 aliphatic rings. The highest BCUT2D eigenvalue weighted by atomic mass is 16.6. The zero-order valence-corrected chi connectivity index (χ0v) is 10.3. The van der Waals surface area contributed by atoms with Gasteiger partial charge in [0.15, 0.2) is 0 Å². The fourth-order valence-corrected chi connectivity index (χ4v) is 1.59. The molecule has 0 aromatic heterocycles. The van der Waals surface area contributed by atoms with Crippen LogP contribution in [0.2, 0.25) is 0 Å². The van der Waals surface area contributed by atoms with E-state index in [1.165, 1.54) is 6.07 Å². The lowest BCUT2D eigenvalue weighted by Gasteiger charge is -2.11. The average Bonchev–Trinajstić information content (AvgIpc) is 2.36. The minimum Gasteiger partial charge on any atom is -0.350 e. The number of carbonyl (C=O) groups excluding carboxylic acids is 1. The van der Waals surface area contributed by atoms with Crippen LogP contribution in [0.1, 0.15) is 25.3 Å². The Morgan fingerprint density at radius 3 is 2.78 bits per heavy atom. The first-order valence-corrected chi connectivity index (χ1v) is 5.81. The highest BCUT2D eigenvalue weighted by molar-refractivity contribution is 5.81. The second-order valence-electron chi connectivity index (χ2n) is 4.00. The van der Waals surface area contributed by atoms with Gasteiger partial charge in [0.05, 0.1) is 11.0 Å². The lowest BCUT2D eigenvalue weighted by molar-refractivity contribution is -0.385. The number of rotatable bonds is 6. The summed E-state index contributed by atoms with van der Waals surface area (Å²) in [6.07, 6.45) is 1.42. The highest BCUT2D eigenvalue weighted by Gasteiger charge is 2.15. The summed E-state index contributed by atoms with van der Waals surface area (Å²) in [4.78, 5) is 21.9. The van der Waals surface area contributed by atoms with Gasteiger partial charge in [-0.3, -0.25) is 14.9 Å². The molecule has 0 saturated heterocycles. The van der Waals surface area contributed by atoms with Crippen molar-refractivity contribution in [1.29, 1.82) is 0 Å². The smallest absolute Gasteiger partial charge is 0.274 e. The SMILES string of the molecule is CCC[C@H](N)C(=O)NCc1ccccc1[N+](=O)[O-]. The maximum Gasteiger partial charge on any atom is 0.274 e. The number of benzene rings is 1. The number of carbonyl (C=O) groups is 1. The van der Waals surface area contributed by atoms with Gasteiger partial charge in [-0.2, -0.15) is 0 Å². The molecule has 1 amide bonds. The summed E-state index contributed by atoms with van der Waals surface area (Å²) in [5.74, 6) is -0.282. The zero-order chi connectivity index (χ0) is 13.5. The molecule has 6 heteroatoms. The van der Waals surface area contributed by atoms with Crippen LogP contribution in [-0.2, 0) is 11.3 Å². The second-order valence-corrected chi connectivity index (χ2v) is 4.00. The maximum atomic E-state index is 11.6. The van der Waals surface area contributed by atoms with Crippen LogP contribution < -0.4 is 11.1 Å². The van der Waals surface area contributed by atoms with Crippen molar-refractivity contribution in [3.8, 4) is 0 Å². The van der Waals surface area contributed by atoms with Gasteiger partial charge in [-0.1, -0.05) is 31.5 Å². The number of para-hydroxylation sites is 1. The average molecular weight is 251 g/mol. The van der Waals surface area contributed by atoms with E-state index in [0.29, 0.717) is 12.0 Å². The van der Waals surface area contributed by atoms with Crippen molar-refractivity contribution in [1.82, 2.24) is 5.32 Å². The number of nitro benzene ring substituents is 1. The van der Waals surface area contributed by atoms with Gasteiger partial charge in [-0.15, -0.1) is 0 Å². The van der Waals surface area contributed by atoms with Gasteiger partial charge in [-0.25, -0.2) is 0 Å². The molecule has 6 nitrogen and oxygen atoms in total. The van der Waals surface area contributed by atoms with Gasteiger partial charge in [-0.05, 0) is 6.42 Å². The topological polar surface area (TPSA) is 98.3 Å². The normalized spacial score (nSPS) is 11.9. The minimum absolute atomic E-state index is 0.00172. The summed E-state index contributed by atoms with van der Waals surface area (Å²) < 4.78 is 0. The molecule has 0 saturated carbocycles. The number of hydrogen-bond acceptors (Lipinski definition) is 4. The molecule has 3 N–H and O–H groups in total. The highest BCUT2D eigenvalue weighted by Crippen LogP contribution is 2.17. The van der Waals surface area contributed by atoms with Crippen LogP contribution in [0, 0.1) is 10.1 Å². The molecular formula is C12H17N3O3. The number of hydrogen-bond donors (Lipinski definition) is 2.